The van der Waals surface area contributed by atoms with Crippen LogP contribution >= 0.6 is 11.3 Å². The number of anilines is 2. The molecular formula is C19H17N5O2S. The number of carbonyl (C=O) groups excluding carboxylic acids is 1. The first kappa shape index (κ1) is 16.3. The van der Waals surface area contributed by atoms with Crippen LogP contribution in [-0.4, -0.2) is 37.1 Å². The maximum atomic E-state index is 11.9. The van der Waals surface area contributed by atoms with Gasteiger partial charge in [-0.2, -0.15) is 5.10 Å². The Morgan fingerprint density at radius 1 is 1.37 bits per heavy atom. The molecular weight excluding hydrogens is 362 g/mol. The Morgan fingerprint density at radius 3 is 3.19 bits per heavy atom. The van der Waals surface area contributed by atoms with Crippen LogP contribution in [0.4, 0.5) is 11.5 Å². The van der Waals surface area contributed by atoms with Gasteiger partial charge in [0, 0.05) is 28.9 Å². The molecule has 0 bridgehead atoms. The molecule has 1 aliphatic rings. The number of thiophene rings is 1. The predicted molar refractivity (Wildman–Crippen MR) is 103 cm³/mol. The number of carbonyl (C=O) groups is 1. The van der Waals surface area contributed by atoms with Crippen molar-refractivity contribution in [3.8, 4) is 0 Å². The van der Waals surface area contributed by atoms with E-state index in [1.807, 2.05) is 28.9 Å². The largest absolute Gasteiger partial charge is 0.389 e. The van der Waals surface area contributed by atoms with Crippen LogP contribution in [-0.2, 0) is 17.6 Å². The fraction of sp³-hybridized carbons (Fsp3) is 0.263. The van der Waals surface area contributed by atoms with Crippen LogP contribution in [0.25, 0.3) is 15.7 Å². The monoisotopic (exact) mass is 379 g/mol. The summed E-state index contributed by atoms with van der Waals surface area (Å²) in [6.45, 7) is -0.380. The zero-order chi connectivity index (χ0) is 18.4. The molecule has 0 spiro atoms. The first-order valence-electron chi connectivity index (χ1n) is 8.82. The fourth-order valence-corrected chi connectivity index (χ4v) is 5.01. The van der Waals surface area contributed by atoms with E-state index >= 15 is 0 Å². The van der Waals surface area contributed by atoms with Crippen molar-refractivity contribution in [3.05, 3.63) is 47.4 Å². The highest BCUT2D eigenvalue weighted by Crippen LogP contribution is 2.40. The molecule has 0 unspecified atom stereocenters. The standard InChI is InChI=1S/C19H17N5O2S/c25-9-15(26)11-1-2-14-16(7-11)27-19-17(14)18(20-10-21-19)23-12-4-6-24-13(8-12)3-5-22-24/h3-6,8,10-11,25H,1-2,7,9H2,(H,20,21,23)/t11-/m0/s1. The van der Waals surface area contributed by atoms with E-state index in [1.54, 1.807) is 23.9 Å². The third-order valence-corrected chi connectivity index (χ3v) is 6.28. The summed E-state index contributed by atoms with van der Waals surface area (Å²) >= 11 is 1.62. The van der Waals surface area contributed by atoms with Crippen molar-refractivity contribution < 1.29 is 9.90 Å². The van der Waals surface area contributed by atoms with Gasteiger partial charge >= 0.3 is 0 Å². The number of fused-ring (bicyclic) bond motifs is 4. The Balaban J connectivity index is 1.54. The zero-order valence-electron chi connectivity index (χ0n) is 14.4. The number of pyridine rings is 1. The number of aliphatic hydroxyl groups is 1. The molecule has 0 amide bonds. The summed E-state index contributed by atoms with van der Waals surface area (Å²) < 4.78 is 1.81. The first-order valence-corrected chi connectivity index (χ1v) is 9.64. The van der Waals surface area contributed by atoms with Crippen molar-refractivity contribution in [2.45, 2.75) is 19.3 Å². The summed E-state index contributed by atoms with van der Waals surface area (Å²) in [6, 6.07) is 5.93. The first-order chi connectivity index (χ1) is 13.2. The molecule has 4 aromatic rings. The molecule has 2 N–H and O–H groups in total. The number of hydrogen-bond acceptors (Lipinski definition) is 7. The van der Waals surface area contributed by atoms with Crippen molar-refractivity contribution in [2.24, 2.45) is 5.92 Å². The van der Waals surface area contributed by atoms with Crippen LogP contribution in [0, 0.1) is 5.92 Å². The summed E-state index contributed by atoms with van der Waals surface area (Å²) in [5.74, 6) is 0.620. The Bertz CT molecular complexity index is 1170. The molecule has 0 saturated heterocycles. The maximum absolute atomic E-state index is 11.9. The van der Waals surface area contributed by atoms with E-state index in [1.165, 1.54) is 10.4 Å². The number of nitrogens with zero attached hydrogens (tertiary/aromatic N) is 4. The number of ketones is 1. The van der Waals surface area contributed by atoms with E-state index in [0.29, 0.717) is 6.42 Å². The van der Waals surface area contributed by atoms with Crippen molar-refractivity contribution in [1.82, 2.24) is 19.6 Å². The Hall–Kier alpha value is -2.84. The Kier molecular flexibility index (Phi) is 3.87. The van der Waals surface area contributed by atoms with Crippen LogP contribution in [0.1, 0.15) is 16.9 Å². The quantitative estimate of drug-likeness (QED) is 0.566. The van der Waals surface area contributed by atoms with Crippen molar-refractivity contribution >= 4 is 44.4 Å². The van der Waals surface area contributed by atoms with Gasteiger partial charge in [-0.1, -0.05) is 0 Å². The smallest absolute Gasteiger partial charge is 0.161 e. The van der Waals surface area contributed by atoms with Crippen molar-refractivity contribution in [2.75, 3.05) is 11.9 Å². The third kappa shape index (κ3) is 2.77. The molecule has 1 atom stereocenters. The predicted octanol–water partition coefficient (Wildman–Crippen LogP) is 2.75. The lowest BCUT2D eigenvalue weighted by molar-refractivity contribution is -0.125. The summed E-state index contributed by atoms with van der Waals surface area (Å²) in [5, 5.41) is 17.8. The van der Waals surface area contributed by atoms with Gasteiger partial charge in [-0.3, -0.25) is 4.79 Å². The van der Waals surface area contributed by atoms with E-state index in [-0.39, 0.29) is 18.3 Å². The number of aromatic nitrogens is 4. The molecule has 0 saturated carbocycles. The minimum Gasteiger partial charge on any atom is -0.389 e. The van der Waals surface area contributed by atoms with Crippen LogP contribution in [0.3, 0.4) is 0 Å². The highest BCUT2D eigenvalue weighted by Gasteiger charge is 2.28. The van der Waals surface area contributed by atoms with Gasteiger partial charge in [0.15, 0.2) is 5.78 Å². The van der Waals surface area contributed by atoms with Gasteiger partial charge in [-0.05, 0) is 43.0 Å². The summed E-state index contributed by atoms with van der Waals surface area (Å²) in [4.78, 5) is 22.9. The second-order valence-corrected chi connectivity index (χ2v) is 7.80. The van der Waals surface area contributed by atoms with Gasteiger partial charge in [0.1, 0.15) is 23.6 Å². The number of nitrogens with one attached hydrogen (secondary N) is 1. The molecule has 0 radical (unpaired) electrons. The molecule has 0 aromatic carbocycles. The second kappa shape index (κ2) is 6.40. The van der Waals surface area contributed by atoms with E-state index in [9.17, 15) is 4.79 Å². The van der Waals surface area contributed by atoms with Crippen LogP contribution in [0.2, 0.25) is 0 Å². The maximum Gasteiger partial charge on any atom is 0.161 e. The van der Waals surface area contributed by atoms with Gasteiger partial charge in [0.05, 0.1) is 10.9 Å². The zero-order valence-corrected chi connectivity index (χ0v) is 15.2. The Morgan fingerprint density at radius 2 is 2.30 bits per heavy atom. The van der Waals surface area contributed by atoms with Crippen molar-refractivity contribution in [1.29, 1.82) is 0 Å². The van der Waals surface area contributed by atoms with E-state index in [4.69, 9.17) is 5.11 Å². The molecule has 8 heteroatoms. The SMILES string of the molecule is O=C(CO)[C@H]1CCc2c(sc3ncnc(Nc4ccn5nccc5c4)c23)C1. The summed E-state index contributed by atoms with van der Waals surface area (Å²) in [5.41, 5.74) is 3.17. The Labute approximate surface area is 158 Å². The molecule has 4 heterocycles. The number of aliphatic hydroxyl groups excluding tert-OH is 1. The van der Waals surface area contributed by atoms with Gasteiger partial charge in [0.25, 0.3) is 0 Å². The van der Waals surface area contributed by atoms with Crippen molar-refractivity contribution in [3.63, 3.8) is 0 Å². The number of Topliss-reactive ketones (excluding diaryl/α,β-unsaturated/α-hetero) is 1. The molecule has 0 fully saturated rings. The third-order valence-electron chi connectivity index (χ3n) is 5.12. The molecule has 136 valence electrons. The van der Waals surface area contributed by atoms with Crippen LogP contribution in [0.15, 0.2) is 36.9 Å². The molecule has 1 aliphatic carbocycles. The minimum atomic E-state index is -0.380. The van der Waals surface area contributed by atoms with Gasteiger partial charge < -0.3 is 10.4 Å². The van der Waals surface area contributed by atoms with Gasteiger partial charge in [-0.15, -0.1) is 11.3 Å². The highest BCUT2D eigenvalue weighted by molar-refractivity contribution is 7.19. The second-order valence-electron chi connectivity index (χ2n) is 6.71. The molecule has 0 aliphatic heterocycles. The van der Waals surface area contributed by atoms with Crippen LogP contribution < -0.4 is 5.32 Å². The lowest BCUT2D eigenvalue weighted by atomic mass is 9.85. The topological polar surface area (TPSA) is 92.4 Å². The summed E-state index contributed by atoms with van der Waals surface area (Å²) in [6.07, 6.45) is 7.48. The molecule has 4 aromatic heterocycles. The average molecular weight is 379 g/mol. The fourth-order valence-electron chi connectivity index (χ4n) is 3.75. The summed E-state index contributed by atoms with van der Waals surface area (Å²) in [7, 11) is 0. The number of rotatable bonds is 4. The lowest BCUT2D eigenvalue weighted by Crippen LogP contribution is -2.24. The molecule has 5 rings (SSSR count). The average Bonchev–Trinajstić information content (AvgIpc) is 3.30. The molecule has 27 heavy (non-hydrogen) atoms. The normalized spacial score (nSPS) is 16.6. The number of aryl methyl sites for hydroxylation is 1. The number of hydrogen-bond donors (Lipinski definition) is 2. The van der Waals surface area contributed by atoms with Crippen LogP contribution in [0.5, 0.6) is 0 Å². The van der Waals surface area contributed by atoms with Gasteiger partial charge in [0.2, 0.25) is 0 Å². The highest BCUT2D eigenvalue weighted by atomic mass is 32.1. The van der Waals surface area contributed by atoms with E-state index in [2.05, 4.69) is 20.4 Å². The van der Waals surface area contributed by atoms with E-state index in [0.717, 1.165) is 40.1 Å². The minimum absolute atomic E-state index is 0.0725. The lowest BCUT2D eigenvalue weighted by Gasteiger charge is -2.20. The van der Waals surface area contributed by atoms with E-state index < -0.39 is 0 Å². The molecule has 7 nitrogen and oxygen atoms in total. The van der Waals surface area contributed by atoms with Gasteiger partial charge in [-0.25, -0.2) is 14.5 Å².